The van der Waals surface area contributed by atoms with Crippen LogP contribution in [0.5, 0.6) is 0 Å². The number of esters is 1. The molecule has 12 heavy (non-hydrogen) atoms. The van der Waals surface area contributed by atoms with Crippen molar-refractivity contribution in [3.05, 3.63) is 0 Å². The molecule has 1 saturated heterocycles. The summed E-state index contributed by atoms with van der Waals surface area (Å²) in [6.07, 6.45) is 1.55. The standard InChI is InChI=1S/C9H16O3/c1-9(2)6-7(4-5-12-9)8(10)11-3/h7H,4-6H2,1-3H3. The highest BCUT2D eigenvalue weighted by Crippen LogP contribution is 2.28. The monoisotopic (exact) mass is 172 g/mol. The number of carbonyl (C=O) groups excluding carboxylic acids is 1. The molecule has 1 aliphatic heterocycles. The third-order valence-electron chi connectivity index (χ3n) is 2.23. The molecular formula is C9H16O3. The predicted octanol–water partition coefficient (Wildman–Crippen LogP) is 1.36. The van der Waals surface area contributed by atoms with Crippen molar-refractivity contribution in [2.45, 2.75) is 32.3 Å². The van der Waals surface area contributed by atoms with E-state index < -0.39 is 0 Å². The van der Waals surface area contributed by atoms with E-state index in [9.17, 15) is 4.79 Å². The van der Waals surface area contributed by atoms with Gasteiger partial charge in [-0.2, -0.15) is 0 Å². The van der Waals surface area contributed by atoms with E-state index in [1.165, 1.54) is 7.11 Å². The lowest BCUT2D eigenvalue weighted by Gasteiger charge is -2.33. The molecule has 0 aromatic rings. The zero-order valence-electron chi connectivity index (χ0n) is 7.92. The average Bonchev–Trinajstić information content (AvgIpc) is 2.01. The van der Waals surface area contributed by atoms with Gasteiger partial charge in [-0.3, -0.25) is 4.79 Å². The van der Waals surface area contributed by atoms with Crippen LogP contribution in [-0.4, -0.2) is 25.3 Å². The molecule has 1 rings (SSSR count). The molecular weight excluding hydrogens is 156 g/mol. The second-order valence-electron chi connectivity index (χ2n) is 3.82. The first-order chi connectivity index (χ1) is 5.55. The molecule has 0 amide bonds. The van der Waals surface area contributed by atoms with Gasteiger partial charge in [-0.15, -0.1) is 0 Å². The van der Waals surface area contributed by atoms with Crippen molar-refractivity contribution < 1.29 is 14.3 Å². The maximum Gasteiger partial charge on any atom is 0.308 e. The normalized spacial score (nSPS) is 28.1. The molecule has 0 aromatic carbocycles. The topological polar surface area (TPSA) is 35.5 Å². The first-order valence-corrected chi connectivity index (χ1v) is 4.27. The van der Waals surface area contributed by atoms with Gasteiger partial charge in [0.05, 0.1) is 18.6 Å². The summed E-state index contributed by atoms with van der Waals surface area (Å²) in [7, 11) is 1.44. The van der Waals surface area contributed by atoms with Crippen LogP contribution >= 0.6 is 0 Å². The Hall–Kier alpha value is -0.570. The minimum Gasteiger partial charge on any atom is -0.469 e. The lowest BCUT2D eigenvalue weighted by molar-refractivity contribution is -0.155. The summed E-state index contributed by atoms with van der Waals surface area (Å²) >= 11 is 0. The lowest BCUT2D eigenvalue weighted by atomic mass is 9.88. The van der Waals surface area contributed by atoms with Gasteiger partial charge >= 0.3 is 5.97 Å². The van der Waals surface area contributed by atoms with Crippen LogP contribution in [0.25, 0.3) is 0 Å². The Morgan fingerprint density at radius 1 is 1.58 bits per heavy atom. The third kappa shape index (κ3) is 2.21. The predicted molar refractivity (Wildman–Crippen MR) is 44.8 cm³/mol. The molecule has 0 bridgehead atoms. The number of ether oxygens (including phenoxy) is 2. The molecule has 0 aromatic heterocycles. The van der Waals surface area contributed by atoms with E-state index in [1.807, 2.05) is 13.8 Å². The molecule has 3 heteroatoms. The molecule has 1 heterocycles. The summed E-state index contributed by atoms with van der Waals surface area (Å²) in [4.78, 5) is 11.2. The maximum absolute atomic E-state index is 11.2. The Morgan fingerprint density at radius 2 is 2.25 bits per heavy atom. The van der Waals surface area contributed by atoms with Gasteiger partial charge in [0.15, 0.2) is 0 Å². The third-order valence-corrected chi connectivity index (χ3v) is 2.23. The molecule has 0 aliphatic carbocycles. The molecule has 1 atom stereocenters. The summed E-state index contributed by atoms with van der Waals surface area (Å²) in [6, 6.07) is 0. The SMILES string of the molecule is COC(=O)C1CCOC(C)(C)C1. The lowest BCUT2D eigenvalue weighted by Crippen LogP contribution is -2.37. The Morgan fingerprint density at radius 3 is 2.75 bits per heavy atom. The fraction of sp³-hybridized carbons (Fsp3) is 0.889. The molecule has 3 nitrogen and oxygen atoms in total. The van der Waals surface area contributed by atoms with E-state index in [4.69, 9.17) is 4.74 Å². The first kappa shape index (κ1) is 9.52. The van der Waals surface area contributed by atoms with E-state index in [1.54, 1.807) is 0 Å². The van der Waals surface area contributed by atoms with Gasteiger partial charge < -0.3 is 9.47 Å². The summed E-state index contributed by atoms with van der Waals surface area (Å²) in [5.74, 6) is -0.0786. The summed E-state index contributed by atoms with van der Waals surface area (Å²) in [5, 5.41) is 0. The fourth-order valence-electron chi connectivity index (χ4n) is 1.60. The van der Waals surface area contributed by atoms with Gasteiger partial charge in [0.2, 0.25) is 0 Å². The maximum atomic E-state index is 11.2. The zero-order valence-corrected chi connectivity index (χ0v) is 7.92. The number of hydrogen-bond donors (Lipinski definition) is 0. The Bertz CT molecular complexity index is 175. The highest BCUT2D eigenvalue weighted by molar-refractivity contribution is 5.72. The number of methoxy groups -OCH3 is 1. The van der Waals surface area contributed by atoms with Crippen LogP contribution in [0.2, 0.25) is 0 Å². The van der Waals surface area contributed by atoms with Crippen molar-refractivity contribution in [3.63, 3.8) is 0 Å². The molecule has 0 spiro atoms. The van der Waals surface area contributed by atoms with Crippen molar-refractivity contribution in [3.8, 4) is 0 Å². The van der Waals surface area contributed by atoms with E-state index in [0.717, 1.165) is 12.8 Å². The van der Waals surface area contributed by atoms with Crippen LogP contribution in [0.15, 0.2) is 0 Å². The van der Waals surface area contributed by atoms with E-state index >= 15 is 0 Å². The Kier molecular flexibility index (Phi) is 2.73. The number of rotatable bonds is 1. The second-order valence-corrected chi connectivity index (χ2v) is 3.82. The van der Waals surface area contributed by atoms with Crippen LogP contribution in [0.3, 0.4) is 0 Å². The zero-order chi connectivity index (χ0) is 9.19. The van der Waals surface area contributed by atoms with Crippen LogP contribution in [-0.2, 0) is 14.3 Å². The minimum atomic E-state index is -0.170. The highest BCUT2D eigenvalue weighted by Gasteiger charge is 2.33. The molecule has 1 aliphatic rings. The Labute approximate surface area is 73.0 Å². The van der Waals surface area contributed by atoms with Gasteiger partial charge in [0.1, 0.15) is 0 Å². The average molecular weight is 172 g/mol. The summed E-state index contributed by atoms with van der Waals surface area (Å²) < 4.78 is 10.2. The van der Waals surface area contributed by atoms with E-state index in [-0.39, 0.29) is 17.5 Å². The largest absolute Gasteiger partial charge is 0.469 e. The van der Waals surface area contributed by atoms with Gasteiger partial charge in [-0.05, 0) is 26.7 Å². The first-order valence-electron chi connectivity index (χ1n) is 4.27. The van der Waals surface area contributed by atoms with Gasteiger partial charge in [-0.25, -0.2) is 0 Å². The van der Waals surface area contributed by atoms with Crippen LogP contribution in [0, 0.1) is 5.92 Å². The van der Waals surface area contributed by atoms with Gasteiger partial charge in [-0.1, -0.05) is 0 Å². The van der Waals surface area contributed by atoms with Crippen LogP contribution < -0.4 is 0 Å². The molecule has 0 N–H and O–H groups in total. The van der Waals surface area contributed by atoms with Crippen molar-refractivity contribution in [2.24, 2.45) is 5.92 Å². The summed E-state index contributed by atoms with van der Waals surface area (Å²) in [6.45, 7) is 4.66. The molecule has 1 unspecified atom stereocenters. The van der Waals surface area contributed by atoms with Gasteiger partial charge in [0.25, 0.3) is 0 Å². The van der Waals surface area contributed by atoms with Gasteiger partial charge in [0, 0.05) is 6.61 Å². The summed E-state index contributed by atoms with van der Waals surface area (Å²) in [5.41, 5.74) is -0.170. The molecule has 1 fully saturated rings. The molecule has 0 saturated carbocycles. The second kappa shape index (κ2) is 3.44. The quantitative estimate of drug-likeness (QED) is 0.560. The minimum absolute atomic E-state index is 0.0266. The smallest absolute Gasteiger partial charge is 0.308 e. The van der Waals surface area contributed by atoms with Crippen LogP contribution in [0.4, 0.5) is 0 Å². The highest BCUT2D eigenvalue weighted by atomic mass is 16.5. The van der Waals surface area contributed by atoms with Crippen molar-refractivity contribution in [2.75, 3.05) is 13.7 Å². The van der Waals surface area contributed by atoms with E-state index in [0.29, 0.717) is 6.61 Å². The van der Waals surface area contributed by atoms with Crippen molar-refractivity contribution in [1.29, 1.82) is 0 Å². The molecule has 70 valence electrons. The van der Waals surface area contributed by atoms with Crippen molar-refractivity contribution in [1.82, 2.24) is 0 Å². The van der Waals surface area contributed by atoms with Crippen molar-refractivity contribution >= 4 is 5.97 Å². The van der Waals surface area contributed by atoms with Crippen LogP contribution in [0.1, 0.15) is 26.7 Å². The fourth-order valence-corrected chi connectivity index (χ4v) is 1.60. The Balaban J connectivity index is 2.52. The number of carbonyl (C=O) groups is 1. The number of hydrogen-bond acceptors (Lipinski definition) is 3. The molecule has 0 radical (unpaired) electrons. The van der Waals surface area contributed by atoms with E-state index in [2.05, 4.69) is 4.74 Å².